The minimum atomic E-state index is -0.582. The fourth-order valence-electron chi connectivity index (χ4n) is 2.01. The maximum absolute atomic E-state index is 13.9. The standard InChI is InChI=1S/C16H17FN2O3.ClH/c1-20-13-4-3-5-14(21-2)11(13)9-22-15-7-6-10(16(18)19)8-12(15)17;/h3-8H,9H2,1-2H3,(H3,18,19);1H. The molecule has 0 atom stereocenters. The summed E-state index contributed by atoms with van der Waals surface area (Å²) in [5.41, 5.74) is 6.30. The molecule has 2 rings (SSSR count). The summed E-state index contributed by atoms with van der Waals surface area (Å²) in [7, 11) is 3.08. The van der Waals surface area contributed by atoms with E-state index in [-0.39, 0.29) is 30.6 Å². The zero-order chi connectivity index (χ0) is 16.1. The average Bonchev–Trinajstić information content (AvgIpc) is 2.53. The summed E-state index contributed by atoms with van der Waals surface area (Å²) in [6, 6.07) is 9.47. The summed E-state index contributed by atoms with van der Waals surface area (Å²) in [5.74, 6) is 0.483. The first-order valence-corrected chi connectivity index (χ1v) is 6.53. The zero-order valence-corrected chi connectivity index (χ0v) is 13.6. The van der Waals surface area contributed by atoms with Crippen LogP contribution >= 0.6 is 12.4 Å². The van der Waals surface area contributed by atoms with Crippen molar-refractivity contribution in [1.29, 1.82) is 5.41 Å². The number of amidine groups is 1. The highest BCUT2D eigenvalue weighted by Crippen LogP contribution is 2.30. The molecular formula is C16H18ClFN2O3. The van der Waals surface area contributed by atoms with Crippen molar-refractivity contribution in [3.8, 4) is 17.2 Å². The Kier molecular flexibility index (Phi) is 6.65. The van der Waals surface area contributed by atoms with Gasteiger partial charge in [0.25, 0.3) is 0 Å². The largest absolute Gasteiger partial charge is 0.496 e. The molecule has 0 aliphatic heterocycles. The van der Waals surface area contributed by atoms with E-state index in [1.165, 1.54) is 12.1 Å². The molecule has 0 aliphatic carbocycles. The summed E-state index contributed by atoms with van der Waals surface area (Å²) in [6.45, 7) is 0.0868. The van der Waals surface area contributed by atoms with E-state index in [2.05, 4.69) is 0 Å². The van der Waals surface area contributed by atoms with Gasteiger partial charge in [0.15, 0.2) is 11.6 Å². The van der Waals surface area contributed by atoms with Crippen LogP contribution in [0.2, 0.25) is 0 Å². The second-order valence-electron chi connectivity index (χ2n) is 4.49. The van der Waals surface area contributed by atoms with E-state index in [0.717, 1.165) is 6.07 Å². The lowest BCUT2D eigenvalue weighted by atomic mass is 10.1. The molecule has 0 saturated heterocycles. The molecule has 2 aromatic rings. The van der Waals surface area contributed by atoms with Gasteiger partial charge in [-0.1, -0.05) is 6.07 Å². The van der Waals surface area contributed by atoms with Crippen molar-refractivity contribution in [2.24, 2.45) is 5.73 Å². The fourth-order valence-corrected chi connectivity index (χ4v) is 2.01. The van der Waals surface area contributed by atoms with E-state index in [4.69, 9.17) is 25.4 Å². The predicted octanol–water partition coefficient (Wildman–Crippen LogP) is 3.13. The van der Waals surface area contributed by atoms with Crippen LogP contribution in [-0.2, 0) is 6.61 Å². The van der Waals surface area contributed by atoms with Gasteiger partial charge >= 0.3 is 0 Å². The third-order valence-corrected chi connectivity index (χ3v) is 3.14. The van der Waals surface area contributed by atoms with Crippen LogP contribution in [0.25, 0.3) is 0 Å². The van der Waals surface area contributed by atoms with Crippen LogP contribution in [0.3, 0.4) is 0 Å². The van der Waals surface area contributed by atoms with Gasteiger partial charge in [-0.25, -0.2) is 4.39 Å². The molecule has 0 spiro atoms. The number of hydrogen-bond donors (Lipinski definition) is 2. The maximum Gasteiger partial charge on any atom is 0.165 e. The summed E-state index contributed by atoms with van der Waals surface area (Å²) in [6.07, 6.45) is 0. The Morgan fingerprint density at radius 1 is 1.09 bits per heavy atom. The summed E-state index contributed by atoms with van der Waals surface area (Å²) in [5, 5.41) is 7.28. The van der Waals surface area contributed by atoms with Crippen molar-refractivity contribution in [2.75, 3.05) is 14.2 Å². The first-order valence-electron chi connectivity index (χ1n) is 6.53. The van der Waals surface area contributed by atoms with Crippen molar-refractivity contribution in [1.82, 2.24) is 0 Å². The lowest BCUT2D eigenvalue weighted by Crippen LogP contribution is -2.11. The number of nitrogens with one attached hydrogen (secondary N) is 1. The van der Waals surface area contributed by atoms with Gasteiger partial charge in [0, 0.05) is 5.56 Å². The van der Waals surface area contributed by atoms with Gasteiger partial charge < -0.3 is 19.9 Å². The van der Waals surface area contributed by atoms with Crippen LogP contribution < -0.4 is 19.9 Å². The van der Waals surface area contributed by atoms with Crippen LogP contribution in [0.15, 0.2) is 36.4 Å². The topological polar surface area (TPSA) is 77.6 Å². The molecule has 0 radical (unpaired) electrons. The highest BCUT2D eigenvalue weighted by atomic mass is 35.5. The van der Waals surface area contributed by atoms with Crippen LogP contribution in [0.5, 0.6) is 17.2 Å². The molecule has 0 amide bonds. The van der Waals surface area contributed by atoms with Gasteiger partial charge in [-0.15, -0.1) is 12.4 Å². The van der Waals surface area contributed by atoms with Gasteiger partial charge in [-0.3, -0.25) is 5.41 Å². The second kappa shape index (κ2) is 8.24. The minimum Gasteiger partial charge on any atom is -0.496 e. The van der Waals surface area contributed by atoms with Gasteiger partial charge in [-0.2, -0.15) is 0 Å². The van der Waals surface area contributed by atoms with Crippen molar-refractivity contribution in [3.63, 3.8) is 0 Å². The Labute approximate surface area is 140 Å². The molecule has 0 unspecified atom stereocenters. The SMILES string of the molecule is COc1cccc(OC)c1COc1ccc(C(=N)N)cc1F.Cl. The predicted molar refractivity (Wildman–Crippen MR) is 88.5 cm³/mol. The van der Waals surface area contributed by atoms with Crippen LogP contribution in [0, 0.1) is 11.2 Å². The second-order valence-corrected chi connectivity index (χ2v) is 4.49. The highest BCUT2D eigenvalue weighted by Gasteiger charge is 2.12. The van der Waals surface area contributed by atoms with Crippen LogP contribution in [0.1, 0.15) is 11.1 Å². The van der Waals surface area contributed by atoms with E-state index in [1.807, 2.05) is 0 Å². The number of hydrogen-bond acceptors (Lipinski definition) is 4. The van der Waals surface area contributed by atoms with Crippen molar-refractivity contribution < 1.29 is 18.6 Å². The van der Waals surface area contributed by atoms with E-state index >= 15 is 0 Å². The van der Waals surface area contributed by atoms with Gasteiger partial charge in [0.2, 0.25) is 0 Å². The third-order valence-electron chi connectivity index (χ3n) is 3.14. The Balaban J connectivity index is 0.00000264. The summed E-state index contributed by atoms with van der Waals surface area (Å²) >= 11 is 0. The fraction of sp³-hybridized carbons (Fsp3) is 0.188. The quantitative estimate of drug-likeness (QED) is 0.625. The Morgan fingerprint density at radius 3 is 2.17 bits per heavy atom. The zero-order valence-electron chi connectivity index (χ0n) is 12.8. The van der Waals surface area contributed by atoms with E-state index in [0.29, 0.717) is 22.6 Å². The van der Waals surface area contributed by atoms with Crippen molar-refractivity contribution in [3.05, 3.63) is 53.3 Å². The third kappa shape index (κ3) is 4.26. The molecule has 0 saturated carbocycles. The van der Waals surface area contributed by atoms with Crippen LogP contribution in [0.4, 0.5) is 4.39 Å². The first kappa shape index (κ1) is 18.6. The molecule has 0 fully saturated rings. The lowest BCUT2D eigenvalue weighted by Gasteiger charge is -2.14. The lowest BCUT2D eigenvalue weighted by molar-refractivity contribution is 0.274. The number of nitrogen functional groups attached to an aromatic ring is 1. The molecule has 0 aliphatic rings. The number of nitrogens with two attached hydrogens (primary N) is 1. The average molecular weight is 341 g/mol. The molecule has 2 aromatic carbocycles. The number of ether oxygens (including phenoxy) is 3. The molecule has 0 heterocycles. The monoisotopic (exact) mass is 340 g/mol. The van der Waals surface area contributed by atoms with E-state index in [9.17, 15) is 4.39 Å². The normalized spacial score (nSPS) is 9.70. The number of benzene rings is 2. The molecule has 124 valence electrons. The Morgan fingerprint density at radius 2 is 1.70 bits per heavy atom. The van der Waals surface area contributed by atoms with Gasteiger partial charge in [0.1, 0.15) is 23.9 Å². The van der Waals surface area contributed by atoms with E-state index in [1.54, 1.807) is 32.4 Å². The van der Waals surface area contributed by atoms with Gasteiger partial charge in [0.05, 0.1) is 19.8 Å². The number of methoxy groups -OCH3 is 2. The molecule has 7 heteroatoms. The molecule has 5 nitrogen and oxygen atoms in total. The molecule has 0 aromatic heterocycles. The Hall–Kier alpha value is -2.47. The Bertz CT molecular complexity index is 673. The molecule has 0 bridgehead atoms. The smallest absolute Gasteiger partial charge is 0.165 e. The molecular weight excluding hydrogens is 323 g/mol. The minimum absolute atomic E-state index is 0. The maximum atomic E-state index is 13.9. The number of halogens is 2. The van der Waals surface area contributed by atoms with Gasteiger partial charge in [-0.05, 0) is 30.3 Å². The summed E-state index contributed by atoms with van der Waals surface area (Å²) < 4.78 is 30.0. The molecule has 23 heavy (non-hydrogen) atoms. The number of rotatable bonds is 6. The van der Waals surface area contributed by atoms with E-state index < -0.39 is 5.82 Å². The molecule has 3 N–H and O–H groups in total. The summed E-state index contributed by atoms with van der Waals surface area (Å²) in [4.78, 5) is 0. The highest BCUT2D eigenvalue weighted by molar-refractivity contribution is 5.95. The van der Waals surface area contributed by atoms with Crippen LogP contribution in [-0.4, -0.2) is 20.1 Å². The van der Waals surface area contributed by atoms with Crippen molar-refractivity contribution in [2.45, 2.75) is 6.61 Å². The first-order chi connectivity index (χ1) is 10.6. The van der Waals surface area contributed by atoms with Crippen molar-refractivity contribution >= 4 is 18.2 Å².